The van der Waals surface area contributed by atoms with Crippen LogP contribution in [0, 0.1) is 0 Å². The lowest BCUT2D eigenvalue weighted by Crippen LogP contribution is -1.96. The maximum Gasteiger partial charge on any atom is 0.0968 e. The van der Waals surface area contributed by atoms with Crippen molar-refractivity contribution in [2.24, 2.45) is 0 Å². The molecule has 8 bridgehead atoms. The van der Waals surface area contributed by atoms with E-state index < -0.39 is 0 Å². The molecule has 6 aromatic rings. The van der Waals surface area contributed by atoms with E-state index in [4.69, 9.17) is 19.9 Å². The number of hydrogen-bond acceptors (Lipinski definition) is 6. The molecule has 4 nitrogen and oxygen atoms in total. The summed E-state index contributed by atoms with van der Waals surface area (Å²) in [6.45, 7) is 0. The van der Waals surface area contributed by atoms with Gasteiger partial charge in [0.05, 0.1) is 44.8 Å². The van der Waals surface area contributed by atoms with Crippen LogP contribution in [0.5, 0.6) is 0 Å². The van der Waals surface area contributed by atoms with Crippen molar-refractivity contribution in [2.45, 2.75) is 23.0 Å². The van der Waals surface area contributed by atoms with Gasteiger partial charge in [0, 0.05) is 44.6 Å². The van der Waals surface area contributed by atoms with Gasteiger partial charge in [-0.2, -0.15) is 0 Å². The van der Waals surface area contributed by atoms with Crippen molar-refractivity contribution in [3.8, 4) is 0 Å². The summed E-state index contributed by atoms with van der Waals surface area (Å²) in [4.78, 5) is 20.1. The van der Waals surface area contributed by atoms with Crippen LogP contribution < -0.4 is 0 Å². The fraction of sp³-hybridized carbons (Fsp3) is 0.143. The van der Waals surface area contributed by atoms with E-state index in [-0.39, 0.29) is 0 Å². The predicted molar refractivity (Wildman–Crippen MR) is 144 cm³/mol. The molecule has 1 aliphatic rings. The molecule has 7 rings (SSSR count). The van der Waals surface area contributed by atoms with Crippen LogP contribution in [0.3, 0.4) is 0 Å². The maximum absolute atomic E-state index is 5.03. The fourth-order valence-corrected chi connectivity index (χ4v) is 6.22. The van der Waals surface area contributed by atoms with Gasteiger partial charge in [0.25, 0.3) is 0 Å². The molecule has 0 radical (unpaired) electrons. The topological polar surface area (TPSA) is 51.6 Å². The van der Waals surface area contributed by atoms with Crippen molar-refractivity contribution >= 4 is 67.1 Å². The zero-order valence-corrected chi connectivity index (χ0v) is 20.0. The first-order valence-corrected chi connectivity index (χ1v) is 13.6. The highest BCUT2D eigenvalue weighted by Gasteiger charge is 2.10. The molecule has 164 valence electrons. The third-order valence-corrected chi connectivity index (χ3v) is 8.27. The molecule has 0 saturated heterocycles. The Kier molecular flexibility index (Phi) is 4.88. The van der Waals surface area contributed by atoms with Gasteiger partial charge in [-0.15, -0.1) is 23.5 Å². The molecule has 6 heteroatoms. The Morgan fingerprint density at radius 3 is 0.853 bits per heavy atom. The van der Waals surface area contributed by atoms with Crippen molar-refractivity contribution in [1.29, 1.82) is 0 Å². The van der Waals surface area contributed by atoms with Crippen molar-refractivity contribution < 1.29 is 0 Å². The van der Waals surface area contributed by atoms with Crippen LogP contribution in [0.25, 0.3) is 43.6 Å². The van der Waals surface area contributed by atoms with Gasteiger partial charge >= 0.3 is 0 Å². The number of rotatable bonds is 0. The van der Waals surface area contributed by atoms with Crippen molar-refractivity contribution in [3.05, 3.63) is 95.6 Å². The number of nitrogens with zero attached hydrogens (tertiary/aromatic N) is 4. The molecule has 0 aliphatic carbocycles. The first-order chi connectivity index (χ1) is 16.8. The Hall–Kier alpha value is -3.22. The van der Waals surface area contributed by atoms with E-state index in [2.05, 4.69) is 72.8 Å². The van der Waals surface area contributed by atoms with Crippen LogP contribution in [0.15, 0.2) is 72.8 Å². The number of pyridine rings is 4. The summed E-state index contributed by atoms with van der Waals surface area (Å²) in [6, 6.07) is 25.8. The van der Waals surface area contributed by atoms with E-state index in [1.807, 2.05) is 23.5 Å². The lowest BCUT2D eigenvalue weighted by atomic mass is 10.1. The molecule has 0 fully saturated rings. The second-order valence-electron chi connectivity index (χ2n) is 8.61. The van der Waals surface area contributed by atoms with Crippen LogP contribution in [0.2, 0.25) is 0 Å². The van der Waals surface area contributed by atoms with Gasteiger partial charge in [0.15, 0.2) is 0 Å². The minimum atomic E-state index is 0.833. The van der Waals surface area contributed by atoms with Crippen molar-refractivity contribution in [2.75, 3.05) is 0 Å². The lowest BCUT2D eigenvalue weighted by molar-refractivity contribution is 1.17. The molecular formula is C28H20N4S2. The maximum atomic E-state index is 5.03. The van der Waals surface area contributed by atoms with E-state index in [1.54, 1.807) is 0 Å². The number of thioether (sulfide) groups is 2. The quantitative estimate of drug-likeness (QED) is 0.219. The van der Waals surface area contributed by atoms with Crippen molar-refractivity contribution in [1.82, 2.24) is 19.9 Å². The highest BCUT2D eigenvalue weighted by atomic mass is 32.2. The summed E-state index contributed by atoms with van der Waals surface area (Å²) >= 11 is 3.68. The smallest absolute Gasteiger partial charge is 0.0968 e. The van der Waals surface area contributed by atoms with Gasteiger partial charge in [-0.25, -0.2) is 19.9 Å². The zero-order chi connectivity index (χ0) is 22.5. The van der Waals surface area contributed by atoms with Crippen LogP contribution >= 0.6 is 23.5 Å². The Balaban J connectivity index is 1.37. The number of hydrogen-bond donors (Lipinski definition) is 0. The Morgan fingerprint density at radius 2 is 0.588 bits per heavy atom. The molecule has 34 heavy (non-hydrogen) atoms. The third kappa shape index (κ3) is 3.58. The molecule has 0 N–H and O–H groups in total. The van der Waals surface area contributed by atoms with Crippen molar-refractivity contribution in [3.63, 3.8) is 0 Å². The summed E-state index contributed by atoms with van der Waals surface area (Å²) in [7, 11) is 0. The molecule has 0 spiro atoms. The summed E-state index contributed by atoms with van der Waals surface area (Å²) in [6.07, 6.45) is 0. The standard InChI is InChI=1S/C28H20N4S2/c1-2-18-6-10-22-14-34-16-24-12-8-20-4-3-19-7-11-23(31-27(19)28(20)32-24)15-33-13-21-9-5-17(1)25(29-21)26(18)30-22/h1-12H,13-16H2. The van der Waals surface area contributed by atoms with Gasteiger partial charge < -0.3 is 0 Å². The van der Waals surface area contributed by atoms with Gasteiger partial charge in [0.2, 0.25) is 0 Å². The number of fused-ring (bicyclic) bond motifs is 4. The van der Waals surface area contributed by atoms with Crippen LogP contribution in [-0.4, -0.2) is 19.9 Å². The number of benzene rings is 2. The number of aromatic nitrogens is 4. The molecular weight excluding hydrogens is 456 g/mol. The molecule has 4 aromatic heterocycles. The molecule has 2 aromatic carbocycles. The van der Waals surface area contributed by atoms with E-state index >= 15 is 0 Å². The second kappa shape index (κ2) is 8.22. The highest BCUT2D eigenvalue weighted by molar-refractivity contribution is 7.97. The second-order valence-corrected chi connectivity index (χ2v) is 10.6. The van der Waals surface area contributed by atoms with E-state index in [9.17, 15) is 0 Å². The third-order valence-electron chi connectivity index (χ3n) is 6.27. The summed E-state index contributed by atoms with van der Waals surface area (Å²) < 4.78 is 0. The minimum absolute atomic E-state index is 0.833. The Morgan fingerprint density at radius 1 is 0.353 bits per heavy atom. The monoisotopic (exact) mass is 476 g/mol. The Labute approximate surface area is 205 Å². The van der Waals surface area contributed by atoms with E-state index in [0.717, 1.165) is 89.4 Å². The SMILES string of the molecule is c1cc2ccc3ccc4nc3c2nc1CSCc1ccc2ccc3ccc(nc3c2n1)CSC4. The molecule has 0 unspecified atom stereocenters. The normalized spacial score (nSPS) is 14.4. The van der Waals surface area contributed by atoms with Crippen LogP contribution in [0.1, 0.15) is 22.8 Å². The van der Waals surface area contributed by atoms with Crippen LogP contribution in [-0.2, 0) is 23.0 Å². The zero-order valence-electron chi connectivity index (χ0n) is 18.4. The highest BCUT2D eigenvalue weighted by Crippen LogP contribution is 2.28. The summed E-state index contributed by atoms with van der Waals surface area (Å²) in [5.41, 5.74) is 8.26. The molecule has 0 amide bonds. The summed E-state index contributed by atoms with van der Waals surface area (Å²) in [5.74, 6) is 3.33. The average Bonchev–Trinajstić information content (AvgIpc) is 2.88. The minimum Gasteiger partial charge on any atom is -0.250 e. The lowest BCUT2D eigenvalue weighted by Gasteiger charge is -2.10. The van der Waals surface area contributed by atoms with Crippen LogP contribution in [0.4, 0.5) is 0 Å². The first-order valence-electron chi connectivity index (χ1n) is 11.3. The molecule has 0 saturated carbocycles. The largest absolute Gasteiger partial charge is 0.250 e. The fourth-order valence-electron chi connectivity index (χ4n) is 4.54. The van der Waals surface area contributed by atoms with Gasteiger partial charge in [0.1, 0.15) is 0 Å². The Bertz CT molecular complexity index is 1480. The first kappa shape index (κ1) is 20.2. The van der Waals surface area contributed by atoms with Gasteiger partial charge in [-0.05, 0) is 24.3 Å². The summed E-state index contributed by atoms with van der Waals surface area (Å²) in [5, 5.41) is 4.53. The predicted octanol–water partition coefficient (Wildman–Crippen LogP) is 7.06. The van der Waals surface area contributed by atoms with E-state index in [0.29, 0.717) is 0 Å². The van der Waals surface area contributed by atoms with E-state index in [1.165, 1.54) is 0 Å². The molecule has 5 heterocycles. The molecule has 1 aliphatic heterocycles. The van der Waals surface area contributed by atoms with Gasteiger partial charge in [-0.3, -0.25) is 0 Å². The molecule has 0 atom stereocenters. The average molecular weight is 477 g/mol. The van der Waals surface area contributed by atoms with Gasteiger partial charge in [-0.1, -0.05) is 48.5 Å².